The molecule has 1 aliphatic rings. The number of halogens is 1. The summed E-state index contributed by atoms with van der Waals surface area (Å²) in [7, 11) is 3.21. The zero-order valence-corrected chi connectivity index (χ0v) is 24.0. The average molecular weight is 566 g/mol. The van der Waals surface area contributed by atoms with Crippen LogP contribution in [0.15, 0.2) is 42.6 Å². The molecule has 0 spiro atoms. The molecule has 2 aromatic heterocycles. The lowest BCUT2D eigenvalue weighted by Crippen LogP contribution is -2.47. The number of ether oxygens (including phenoxy) is 2. The summed E-state index contributed by atoms with van der Waals surface area (Å²) in [5.41, 5.74) is 0.753. The fourth-order valence-corrected chi connectivity index (χ4v) is 4.31. The first-order chi connectivity index (χ1) is 19.6. The number of methoxy groups -OCH3 is 2. The van der Waals surface area contributed by atoms with Crippen LogP contribution in [0.5, 0.6) is 0 Å². The number of benzene rings is 1. The number of aromatic nitrogens is 4. The van der Waals surface area contributed by atoms with Crippen LogP contribution >= 0.6 is 0 Å². The highest BCUT2D eigenvalue weighted by molar-refractivity contribution is 6.09. The van der Waals surface area contributed by atoms with Crippen molar-refractivity contribution in [3.8, 4) is 0 Å². The Bertz CT molecular complexity index is 1430. The maximum Gasteiger partial charge on any atom is 0.256 e. The number of hydrogen-bond acceptors (Lipinski definition) is 11. The molecule has 218 valence electrons. The molecule has 4 rings (SSSR count). The quantitative estimate of drug-likeness (QED) is 0.201. The number of anilines is 3. The Morgan fingerprint density at radius 2 is 1.90 bits per heavy atom. The summed E-state index contributed by atoms with van der Waals surface area (Å²) in [5.74, 6) is 0.0482. The van der Waals surface area contributed by atoms with Crippen LogP contribution in [0, 0.1) is 16.6 Å². The van der Waals surface area contributed by atoms with E-state index in [-0.39, 0.29) is 28.3 Å². The van der Waals surface area contributed by atoms with Crippen LogP contribution < -0.4 is 15.5 Å². The van der Waals surface area contributed by atoms with Gasteiger partial charge in [0.1, 0.15) is 34.8 Å². The van der Waals surface area contributed by atoms with Crippen LogP contribution in [0.25, 0.3) is 11.0 Å². The normalized spacial score (nSPS) is 14.7. The second kappa shape index (κ2) is 13.0. The molecule has 3 heterocycles. The zero-order valence-electron chi connectivity index (χ0n) is 24.0. The van der Waals surface area contributed by atoms with Gasteiger partial charge in [-0.05, 0) is 18.2 Å². The lowest BCUT2D eigenvalue weighted by atomic mass is 9.93. The standard InChI is InChI=1S/C28H36FN9O3/c1-28(2,3)22(41-5)15-23(30)35-26(39)18-6-7-19(29)20(14-18)34-25-24-21(32-17-33-25)16-31-27(36-24)38-10-8-37(9-11-38)12-13-40-4/h6-7,14-17H,8-13H2,1-5H3,(H2,30,35,39)(H,32,33,34)/b22-15-. The van der Waals surface area contributed by atoms with Crippen molar-refractivity contribution >= 4 is 40.2 Å². The van der Waals surface area contributed by atoms with E-state index in [1.54, 1.807) is 13.3 Å². The van der Waals surface area contributed by atoms with Gasteiger partial charge in [-0.2, -0.15) is 0 Å². The summed E-state index contributed by atoms with van der Waals surface area (Å²) < 4.78 is 25.4. The largest absolute Gasteiger partial charge is 0.500 e. The van der Waals surface area contributed by atoms with Crippen LogP contribution in [-0.4, -0.2) is 90.1 Å². The van der Waals surface area contributed by atoms with Gasteiger partial charge in [-0.1, -0.05) is 20.8 Å². The van der Waals surface area contributed by atoms with Crippen LogP contribution in [-0.2, 0) is 9.47 Å². The maximum atomic E-state index is 14.9. The van der Waals surface area contributed by atoms with Gasteiger partial charge >= 0.3 is 0 Å². The molecular formula is C28H36FN9O3. The van der Waals surface area contributed by atoms with E-state index in [0.717, 1.165) is 32.7 Å². The van der Waals surface area contributed by atoms with E-state index < -0.39 is 11.7 Å². The number of hydrogen-bond donors (Lipinski definition) is 3. The van der Waals surface area contributed by atoms with Crippen LogP contribution in [0.4, 0.5) is 21.8 Å². The molecule has 1 saturated heterocycles. The molecule has 1 fully saturated rings. The molecule has 1 aliphatic heterocycles. The number of fused-ring (bicyclic) bond motifs is 1. The summed E-state index contributed by atoms with van der Waals surface area (Å²) in [5, 5.41) is 13.6. The third kappa shape index (κ3) is 7.50. The number of nitrogens with one attached hydrogen (secondary N) is 3. The molecule has 0 aliphatic carbocycles. The van der Waals surface area contributed by atoms with Gasteiger partial charge < -0.3 is 25.0 Å². The molecule has 1 aromatic carbocycles. The first-order valence-corrected chi connectivity index (χ1v) is 13.3. The lowest BCUT2D eigenvalue weighted by molar-refractivity contribution is 0.0977. The van der Waals surface area contributed by atoms with Crippen molar-refractivity contribution in [3.05, 3.63) is 53.9 Å². The van der Waals surface area contributed by atoms with E-state index in [2.05, 4.69) is 35.4 Å². The minimum atomic E-state index is -0.584. The van der Waals surface area contributed by atoms with Gasteiger partial charge in [0.25, 0.3) is 5.91 Å². The third-order valence-electron chi connectivity index (χ3n) is 6.60. The molecular weight excluding hydrogens is 529 g/mol. The second-order valence-electron chi connectivity index (χ2n) is 10.6. The summed E-state index contributed by atoms with van der Waals surface area (Å²) in [4.78, 5) is 35.0. The minimum Gasteiger partial charge on any atom is -0.500 e. The van der Waals surface area contributed by atoms with Gasteiger partial charge in [-0.25, -0.2) is 24.3 Å². The summed E-state index contributed by atoms with van der Waals surface area (Å²) in [6.45, 7) is 10.6. The second-order valence-corrected chi connectivity index (χ2v) is 10.6. The molecule has 3 aromatic rings. The van der Waals surface area contributed by atoms with Crippen molar-refractivity contribution in [1.82, 2.24) is 30.2 Å². The van der Waals surface area contributed by atoms with E-state index in [4.69, 9.17) is 19.9 Å². The van der Waals surface area contributed by atoms with Gasteiger partial charge in [0, 0.05) is 56.9 Å². The molecule has 0 bridgehead atoms. The number of amidine groups is 1. The number of carbonyl (C=O) groups excluding carboxylic acids is 1. The molecule has 0 atom stereocenters. The van der Waals surface area contributed by atoms with Crippen LogP contribution in [0.1, 0.15) is 31.1 Å². The van der Waals surface area contributed by atoms with E-state index >= 15 is 0 Å². The molecule has 12 nitrogen and oxygen atoms in total. The predicted molar refractivity (Wildman–Crippen MR) is 155 cm³/mol. The number of allylic oxidation sites excluding steroid dienone is 1. The monoisotopic (exact) mass is 565 g/mol. The number of rotatable bonds is 9. The van der Waals surface area contributed by atoms with Crippen LogP contribution in [0.2, 0.25) is 0 Å². The predicted octanol–water partition coefficient (Wildman–Crippen LogP) is 3.35. The fraction of sp³-hybridized carbons (Fsp3) is 0.429. The summed E-state index contributed by atoms with van der Waals surface area (Å²) >= 11 is 0. The van der Waals surface area contributed by atoms with Crippen molar-refractivity contribution in [1.29, 1.82) is 5.41 Å². The Balaban J connectivity index is 1.52. The van der Waals surface area contributed by atoms with Gasteiger partial charge in [0.05, 0.1) is 25.6 Å². The lowest BCUT2D eigenvalue weighted by Gasteiger charge is -2.34. The Hall–Kier alpha value is -4.23. The van der Waals surface area contributed by atoms with Crippen LogP contribution in [0.3, 0.4) is 0 Å². The Labute approximate surface area is 238 Å². The fourth-order valence-electron chi connectivity index (χ4n) is 4.31. The van der Waals surface area contributed by atoms with E-state index in [9.17, 15) is 9.18 Å². The first-order valence-electron chi connectivity index (χ1n) is 13.3. The number of carbonyl (C=O) groups is 1. The molecule has 0 unspecified atom stereocenters. The van der Waals surface area contributed by atoms with Crippen molar-refractivity contribution < 1.29 is 18.7 Å². The summed E-state index contributed by atoms with van der Waals surface area (Å²) in [6.07, 6.45) is 4.41. The first kappa shape index (κ1) is 29.7. The smallest absolute Gasteiger partial charge is 0.256 e. The zero-order chi connectivity index (χ0) is 29.6. The Morgan fingerprint density at radius 1 is 1.15 bits per heavy atom. The van der Waals surface area contributed by atoms with E-state index in [1.165, 1.54) is 37.7 Å². The Morgan fingerprint density at radius 3 is 2.59 bits per heavy atom. The number of piperazine rings is 1. The van der Waals surface area contributed by atoms with Crippen molar-refractivity contribution in [2.75, 3.05) is 63.8 Å². The Kier molecular flexibility index (Phi) is 9.40. The van der Waals surface area contributed by atoms with Gasteiger partial charge in [0.15, 0.2) is 5.82 Å². The highest BCUT2D eigenvalue weighted by Gasteiger charge is 2.21. The van der Waals surface area contributed by atoms with Gasteiger partial charge in [-0.3, -0.25) is 15.1 Å². The molecule has 0 saturated carbocycles. The molecule has 13 heteroatoms. The maximum absolute atomic E-state index is 14.9. The highest BCUT2D eigenvalue weighted by atomic mass is 19.1. The highest BCUT2D eigenvalue weighted by Crippen LogP contribution is 2.27. The number of nitrogens with zero attached hydrogens (tertiary/aromatic N) is 6. The van der Waals surface area contributed by atoms with E-state index in [1.807, 2.05) is 20.8 Å². The van der Waals surface area contributed by atoms with Gasteiger partial charge in [-0.15, -0.1) is 0 Å². The number of amides is 1. The van der Waals surface area contributed by atoms with Crippen molar-refractivity contribution in [2.24, 2.45) is 5.41 Å². The summed E-state index contributed by atoms with van der Waals surface area (Å²) in [6, 6.07) is 3.88. The molecule has 3 N–H and O–H groups in total. The van der Waals surface area contributed by atoms with Crippen molar-refractivity contribution in [3.63, 3.8) is 0 Å². The molecule has 0 radical (unpaired) electrons. The molecule has 41 heavy (non-hydrogen) atoms. The molecule has 1 amide bonds. The topological polar surface area (TPSA) is 141 Å². The van der Waals surface area contributed by atoms with E-state index in [0.29, 0.717) is 29.3 Å². The average Bonchev–Trinajstić information content (AvgIpc) is 2.95. The third-order valence-corrected chi connectivity index (χ3v) is 6.60. The van der Waals surface area contributed by atoms with Crippen molar-refractivity contribution in [2.45, 2.75) is 20.8 Å². The minimum absolute atomic E-state index is 0.0268. The SMILES string of the molecule is COCCN1CCN(c2ncc3ncnc(Nc4cc(C(=O)NC(=N)/C=C(\OC)C(C)(C)C)ccc4F)c3n2)CC1. The van der Waals surface area contributed by atoms with Gasteiger partial charge in [0.2, 0.25) is 5.95 Å².